The van der Waals surface area contributed by atoms with Crippen LogP contribution in [0.25, 0.3) is 10.9 Å². The summed E-state index contributed by atoms with van der Waals surface area (Å²) in [5.41, 5.74) is 3.93. The van der Waals surface area contributed by atoms with E-state index in [1.807, 2.05) is 25.3 Å². The van der Waals surface area contributed by atoms with Crippen molar-refractivity contribution in [2.75, 3.05) is 33.3 Å². The predicted molar refractivity (Wildman–Crippen MR) is 124 cm³/mol. The van der Waals surface area contributed by atoms with E-state index in [-0.39, 0.29) is 23.2 Å². The summed E-state index contributed by atoms with van der Waals surface area (Å²) < 4.78 is 31.9. The van der Waals surface area contributed by atoms with E-state index in [4.69, 9.17) is 16.3 Å². The number of carboxylic acids is 1. The van der Waals surface area contributed by atoms with Crippen molar-refractivity contribution in [3.8, 4) is 5.75 Å². The van der Waals surface area contributed by atoms with Gasteiger partial charge in [-0.25, -0.2) is 13.6 Å². The molecule has 1 fully saturated rings. The third-order valence-corrected chi connectivity index (χ3v) is 6.59. The molecule has 1 aliphatic heterocycles. The van der Waals surface area contributed by atoms with Crippen LogP contribution in [0.15, 0.2) is 36.5 Å². The number of aromatic amines is 1. The van der Waals surface area contributed by atoms with Crippen molar-refractivity contribution < 1.29 is 23.4 Å². The molecule has 6 nitrogen and oxygen atoms in total. The molecule has 3 aromatic rings. The molecule has 4 rings (SSSR count). The number of H-pyrrole nitrogens is 1. The van der Waals surface area contributed by atoms with Gasteiger partial charge in [-0.05, 0) is 42.3 Å². The Kier molecular flexibility index (Phi) is 6.88. The van der Waals surface area contributed by atoms with Crippen LogP contribution in [0.1, 0.15) is 33.1 Å². The first-order valence-electron chi connectivity index (χ1n) is 10.7. The van der Waals surface area contributed by atoms with Gasteiger partial charge in [-0.1, -0.05) is 17.7 Å². The molecule has 9 heteroatoms. The minimum absolute atomic E-state index is 0.0152. The summed E-state index contributed by atoms with van der Waals surface area (Å²) in [5, 5.41) is 10.5. The molecule has 0 aliphatic carbocycles. The molecule has 1 aliphatic rings. The third kappa shape index (κ3) is 4.83. The normalized spacial score (nSPS) is 17.7. The molecule has 2 aromatic carbocycles. The number of aromatic carboxylic acids is 1. The largest absolute Gasteiger partial charge is 0.496 e. The van der Waals surface area contributed by atoms with Crippen molar-refractivity contribution >= 4 is 28.5 Å². The number of hydrogen-bond donors (Lipinski definition) is 2. The first kappa shape index (κ1) is 23.5. The average Bonchev–Trinajstić information content (AvgIpc) is 3.26. The highest BCUT2D eigenvalue weighted by Gasteiger charge is 2.31. The second-order valence-corrected chi connectivity index (χ2v) is 8.73. The molecule has 2 heterocycles. The number of carbonyl (C=O) groups is 1. The lowest BCUT2D eigenvalue weighted by Crippen LogP contribution is -2.49. The van der Waals surface area contributed by atoms with E-state index in [0.29, 0.717) is 26.2 Å². The Morgan fingerprint density at radius 3 is 2.76 bits per heavy atom. The highest BCUT2D eigenvalue weighted by molar-refractivity contribution is 6.33. The topological polar surface area (TPSA) is 68.8 Å². The quantitative estimate of drug-likeness (QED) is 0.503. The summed E-state index contributed by atoms with van der Waals surface area (Å²) in [6, 6.07) is 8.60. The van der Waals surface area contributed by atoms with Crippen molar-refractivity contribution in [2.24, 2.45) is 0 Å². The number of halogens is 3. The van der Waals surface area contributed by atoms with Crippen LogP contribution in [0, 0.1) is 6.92 Å². The van der Waals surface area contributed by atoms with Crippen molar-refractivity contribution in [3.63, 3.8) is 0 Å². The molecule has 0 spiro atoms. The zero-order valence-corrected chi connectivity index (χ0v) is 19.2. The number of ether oxygens (including phenoxy) is 1. The Morgan fingerprint density at radius 1 is 1.30 bits per heavy atom. The molecular weight excluding hydrogens is 452 g/mol. The Balaban J connectivity index is 1.71. The van der Waals surface area contributed by atoms with Crippen molar-refractivity contribution in [1.29, 1.82) is 0 Å². The van der Waals surface area contributed by atoms with Crippen LogP contribution in [-0.4, -0.2) is 65.6 Å². The number of alkyl halides is 2. The van der Waals surface area contributed by atoms with E-state index >= 15 is 0 Å². The Morgan fingerprint density at radius 2 is 2.09 bits per heavy atom. The Labute approximate surface area is 195 Å². The molecule has 0 amide bonds. The van der Waals surface area contributed by atoms with E-state index < -0.39 is 12.4 Å². The molecule has 0 unspecified atom stereocenters. The number of aromatic nitrogens is 1. The number of benzene rings is 2. The van der Waals surface area contributed by atoms with Gasteiger partial charge in [-0.2, -0.15) is 0 Å². The monoisotopic (exact) mass is 477 g/mol. The van der Waals surface area contributed by atoms with Crippen LogP contribution in [-0.2, 0) is 6.54 Å². The molecule has 0 radical (unpaired) electrons. The van der Waals surface area contributed by atoms with Gasteiger partial charge >= 0.3 is 5.97 Å². The highest BCUT2D eigenvalue weighted by Crippen LogP contribution is 2.36. The second kappa shape index (κ2) is 9.67. The lowest BCUT2D eigenvalue weighted by molar-refractivity contribution is 0.0245. The Hall–Kier alpha value is -2.68. The van der Waals surface area contributed by atoms with E-state index in [0.717, 1.165) is 33.3 Å². The minimum atomic E-state index is -2.42. The van der Waals surface area contributed by atoms with Gasteiger partial charge in [-0.3, -0.25) is 9.80 Å². The summed E-state index contributed by atoms with van der Waals surface area (Å²) in [6.07, 6.45) is -0.532. The first-order valence-corrected chi connectivity index (χ1v) is 11.1. The zero-order valence-electron chi connectivity index (χ0n) is 18.4. The van der Waals surface area contributed by atoms with Gasteiger partial charge in [0.25, 0.3) is 6.43 Å². The Bertz CT molecular complexity index is 1170. The summed E-state index contributed by atoms with van der Waals surface area (Å²) in [4.78, 5) is 18.6. The summed E-state index contributed by atoms with van der Waals surface area (Å²) in [7, 11) is 1.64. The maximum atomic E-state index is 13.1. The lowest BCUT2D eigenvalue weighted by Gasteiger charge is -2.42. The molecule has 1 saturated heterocycles. The SMILES string of the molecule is COc1cc(C)c2[nH]ccc2c1CN1CCN(CC(F)F)C[C@H]1c1ccc(C(=O)O)c(Cl)c1. The van der Waals surface area contributed by atoms with Crippen LogP contribution in [0.4, 0.5) is 8.78 Å². The number of piperazine rings is 1. The van der Waals surface area contributed by atoms with Gasteiger partial charge < -0.3 is 14.8 Å². The number of nitrogens with zero attached hydrogens (tertiary/aromatic N) is 2. The van der Waals surface area contributed by atoms with Gasteiger partial charge in [0.15, 0.2) is 0 Å². The second-order valence-electron chi connectivity index (χ2n) is 8.32. The van der Waals surface area contributed by atoms with Gasteiger partial charge in [0.1, 0.15) is 5.75 Å². The highest BCUT2D eigenvalue weighted by atomic mass is 35.5. The van der Waals surface area contributed by atoms with Crippen molar-refractivity contribution in [3.05, 3.63) is 63.8 Å². The maximum Gasteiger partial charge on any atom is 0.337 e. The molecule has 0 bridgehead atoms. The van der Waals surface area contributed by atoms with Crippen LogP contribution in [0.5, 0.6) is 5.75 Å². The average molecular weight is 478 g/mol. The summed E-state index contributed by atoms with van der Waals surface area (Å²) in [6.45, 7) is 3.72. The van der Waals surface area contributed by atoms with Crippen LogP contribution in [0.2, 0.25) is 5.02 Å². The molecule has 1 aromatic heterocycles. The number of fused-ring (bicyclic) bond motifs is 1. The van der Waals surface area contributed by atoms with E-state index in [9.17, 15) is 18.7 Å². The van der Waals surface area contributed by atoms with Crippen LogP contribution < -0.4 is 4.74 Å². The molecule has 176 valence electrons. The molecule has 33 heavy (non-hydrogen) atoms. The fourth-order valence-electron chi connectivity index (χ4n) is 4.64. The number of rotatable bonds is 7. The standard InChI is InChI=1S/C24H26ClF2N3O3/c1-14-9-21(33-2)18(16-5-6-28-23(14)16)11-30-8-7-29(13-22(26)27)12-20(30)15-3-4-17(24(31)32)19(25)10-15/h3-6,9-10,20,22,28H,7-8,11-13H2,1-2H3,(H,31,32)/t20-/m0/s1. The van der Waals surface area contributed by atoms with Gasteiger partial charge in [0.05, 0.1) is 24.2 Å². The number of methoxy groups -OCH3 is 1. The van der Waals surface area contributed by atoms with E-state index in [1.165, 1.54) is 6.07 Å². The number of nitrogens with one attached hydrogen (secondary N) is 1. The molecule has 1 atom stereocenters. The zero-order chi connectivity index (χ0) is 23.7. The molecular formula is C24H26ClF2N3O3. The lowest BCUT2D eigenvalue weighted by atomic mass is 9.98. The molecule has 0 saturated carbocycles. The number of aryl methyl sites for hydroxylation is 1. The van der Waals surface area contributed by atoms with Crippen molar-refractivity contribution in [2.45, 2.75) is 25.9 Å². The van der Waals surface area contributed by atoms with E-state index in [2.05, 4.69) is 9.88 Å². The number of carboxylic acid groups (broad SMARTS) is 1. The third-order valence-electron chi connectivity index (χ3n) is 6.27. The van der Waals surface area contributed by atoms with Gasteiger partial charge in [0.2, 0.25) is 0 Å². The first-order chi connectivity index (χ1) is 15.8. The van der Waals surface area contributed by atoms with Crippen LogP contribution >= 0.6 is 11.6 Å². The van der Waals surface area contributed by atoms with Gasteiger partial charge in [0, 0.05) is 54.9 Å². The van der Waals surface area contributed by atoms with Crippen LogP contribution in [0.3, 0.4) is 0 Å². The fraction of sp³-hybridized carbons (Fsp3) is 0.375. The van der Waals surface area contributed by atoms with Gasteiger partial charge in [-0.15, -0.1) is 0 Å². The number of hydrogen-bond acceptors (Lipinski definition) is 4. The van der Waals surface area contributed by atoms with E-state index in [1.54, 1.807) is 24.1 Å². The smallest absolute Gasteiger partial charge is 0.337 e. The predicted octanol–water partition coefficient (Wildman–Crippen LogP) is 4.96. The minimum Gasteiger partial charge on any atom is -0.496 e. The summed E-state index contributed by atoms with van der Waals surface area (Å²) >= 11 is 6.24. The molecule has 2 N–H and O–H groups in total. The fourth-order valence-corrected chi connectivity index (χ4v) is 4.91. The van der Waals surface area contributed by atoms with Crippen molar-refractivity contribution in [1.82, 2.24) is 14.8 Å². The maximum absolute atomic E-state index is 13.1. The summed E-state index contributed by atoms with van der Waals surface area (Å²) in [5.74, 6) is -0.335.